The molecule has 43 heavy (non-hydrogen) atoms. The van der Waals surface area contributed by atoms with Crippen LogP contribution in [-0.4, -0.2) is 41.4 Å². The lowest BCUT2D eigenvalue weighted by Gasteiger charge is -1.95. The van der Waals surface area contributed by atoms with E-state index in [1.165, 1.54) is 36.3 Å². The monoisotopic (exact) mass is 774 g/mol. The summed E-state index contributed by atoms with van der Waals surface area (Å²) in [5.74, 6) is 3.50. The first-order chi connectivity index (χ1) is 20.4. The Hall–Kier alpha value is -2.74. The van der Waals surface area contributed by atoms with Crippen molar-refractivity contribution in [3.63, 3.8) is 0 Å². The fourth-order valence-corrected chi connectivity index (χ4v) is 4.82. The highest BCUT2D eigenvalue weighted by Gasteiger charge is 2.04. The first kappa shape index (κ1) is 38.3. The third kappa shape index (κ3) is 19.2. The maximum absolute atomic E-state index is 5.10. The molecule has 0 spiro atoms. The van der Waals surface area contributed by atoms with Crippen molar-refractivity contribution < 1.29 is 4.74 Å². The standard InChI is InChI=1S/C7H7N.C6H9NO.3C5H6BrN.C5H7N/c1-3-7-4-6(2)8-5-7;1-5-3-6(8-2)4-7-5;3*1-4-2-5(6)3-7-4;1-5-3-2-4-6-5/h1,5H,4H2,2H3;4H,3H2,1-2H3;3*3H,2H2,1H3;2,4H,3H2,1H3. The molecule has 6 heterocycles. The molecule has 0 bridgehead atoms. The van der Waals surface area contributed by atoms with E-state index in [1.54, 1.807) is 19.5 Å². The van der Waals surface area contributed by atoms with Crippen LogP contribution in [0.5, 0.6) is 0 Å². The summed E-state index contributed by atoms with van der Waals surface area (Å²) in [5.41, 5.74) is 8.00. The molecule has 0 saturated heterocycles. The lowest BCUT2D eigenvalue weighted by molar-refractivity contribution is 0.288. The number of rotatable bonds is 1. The molecule has 0 aromatic carbocycles. The van der Waals surface area contributed by atoms with Gasteiger partial charge >= 0.3 is 0 Å². The molecule has 0 radical (unpaired) electrons. The molecule has 0 unspecified atom stereocenters. The molecule has 7 nitrogen and oxygen atoms in total. The van der Waals surface area contributed by atoms with Gasteiger partial charge in [-0.2, -0.15) is 0 Å². The summed E-state index contributed by atoms with van der Waals surface area (Å²) < 4.78 is 8.48. The highest BCUT2D eigenvalue weighted by molar-refractivity contribution is 9.12. The number of terminal acetylenes is 1. The zero-order valence-electron chi connectivity index (χ0n) is 26.1. The van der Waals surface area contributed by atoms with Crippen molar-refractivity contribution in [2.45, 2.75) is 80.1 Å². The fraction of sp³-hybridized carbons (Fsp3) is 0.394. The average Bonchev–Trinajstić information content (AvgIpc) is 3.82. The molecule has 0 N–H and O–H groups in total. The minimum atomic E-state index is 0.872. The Morgan fingerprint density at radius 1 is 0.581 bits per heavy atom. The Balaban J connectivity index is 0.000000259. The van der Waals surface area contributed by atoms with Crippen molar-refractivity contribution in [1.82, 2.24) is 0 Å². The van der Waals surface area contributed by atoms with Crippen molar-refractivity contribution in [2.75, 3.05) is 7.11 Å². The van der Waals surface area contributed by atoms with Crippen LogP contribution in [0.3, 0.4) is 0 Å². The van der Waals surface area contributed by atoms with Crippen molar-refractivity contribution in [3.8, 4) is 12.3 Å². The molecule has 6 aliphatic heterocycles. The summed E-state index contributed by atoms with van der Waals surface area (Å²) in [4.78, 5) is 24.1. The highest BCUT2D eigenvalue weighted by Crippen LogP contribution is 2.18. The second-order valence-electron chi connectivity index (χ2n) is 9.99. The van der Waals surface area contributed by atoms with Crippen LogP contribution in [0, 0.1) is 12.3 Å². The van der Waals surface area contributed by atoms with Gasteiger partial charge < -0.3 is 4.74 Å². The number of halogens is 3. The summed E-state index contributed by atoms with van der Waals surface area (Å²) >= 11 is 9.98. The number of methoxy groups -OCH3 is 1. The Labute approximate surface area is 282 Å². The molecule has 0 aromatic rings. The Bertz CT molecular complexity index is 1260. The van der Waals surface area contributed by atoms with Gasteiger partial charge in [-0.15, -0.1) is 6.42 Å². The van der Waals surface area contributed by atoms with Crippen LogP contribution in [0.2, 0.25) is 0 Å². The van der Waals surface area contributed by atoms with Gasteiger partial charge in [0, 0.05) is 123 Å². The van der Waals surface area contributed by atoms with Gasteiger partial charge in [0.15, 0.2) is 0 Å². The molecular weight excluding hydrogens is 736 g/mol. The van der Waals surface area contributed by atoms with Crippen LogP contribution in [0.4, 0.5) is 0 Å². The highest BCUT2D eigenvalue weighted by atomic mass is 79.9. The second-order valence-corrected chi connectivity index (χ2v) is 13.0. The first-order valence-corrected chi connectivity index (χ1v) is 16.1. The summed E-state index contributed by atoms with van der Waals surface area (Å²) in [6.07, 6.45) is 23.8. The maximum atomic E-state index is 5.10. The molecule has 0 fully saturated rings. The molecule has 0 aliphatic carbocycles. The Kier molecular flexibility index (Phi) is 19.5. The molecule has 0 saturated carbocycles. The van der Waals surface area contributed by atoms with Gasteiger partial charge in [-0.1, -0.05) is 59.8 Å². The van der Waals surface area contributed by atoms with E-state index in [0.717, 1.165) is 61.3 Å². The van der Waals surface area contributed by atoms with Gasteiger partial charge in [0.2, 0.25) is 0 Å². The average molecular weight is 777 g/mol. The summed E-state index contributed by atoms with van der Waals surface area (Å²) in [7, 11) is 1.67. The third-order valence-corrected chi connectivity index (χ3v) is 7.01. The van der Waals surface area contributed by atoms with E-state index in [1.807, 2.05) is 66.3 Å². The first-order valence-electron chi connectivity index (χ1n) is 13.7. The summed E-state index contributed by atoms with van der Waals surface area (Å²) in [5, 5.41) is 0. The van der Waals surface area contributed by atoms with Crippen LogP contribution in [0.15, 0.2) is 98.0 Å². The molecule has 6 rings (SSSR count). The number of aliphatic imine (C=N–C) groups is 6. The van der Waals surface area contributed by atoms with E-state index in [0.29, 0.717) is 0 Å². The van der Waals surface area contributed by atoms with Crippen molar-refractivity contribution in [1.29, 1.82) is 0 Å². The molecule has 6 aliphatic rings. The predicted molar refractivity (Wildman–Crippen MR) is 199 cm³/mol. The fourth-order valence-electron chi connectivity index (χ4n) is 3.30. The van der Waals surface area contributed by atoms with E-state index < -0.39 is 0 Å². The van der Waals surface area contributed by atoms with Crippen LogP contribution < -0.4 is 0 Å². The lowest BCUT2D eigenvalue weighted by atomic mass is 10.2. The number of nitrogens with zero attached hydrogens (tertiary/aromatic N) is 6. The number of hydrogen-bond acceptors (Lipinski definition) is 7. The molecule has 230 valence electrons. The van der Waals surface area contributed by atoms with Crippen LogP contribution in [0.25, 0.3) is 0 Å². The molecule has 0 aromatic heterocycles. The quantitative estimate of drug-likeness (QED) is 0.244. The van der Waals surface area contributed by atoms with Crippen molar-refractivity contribution in [3.05, 3.63) is 68.1 Å². The molecule has 10 heteroatoms. The van der Waals surface area contributed by atoms with E-state index in [9.17, 15) is 0 Å². The molecule has 0 atom stereocenters. The zero-order chi connectivity index (χ0) is 32.2. The SMILES string of the molecule is C#CC1=CN=C(C)C1.CC1=NC=C(Br)C1.CC1=NC=C(Br)C1.CC1=NC=C(Br)C1.CC1=NC=CC1.COC1=CN=C(C)C1. The van der Waals surface area contributed by atoms with Crippen molar-refractivity contribution >= 4 is 82.1 Å². The second kappa shape index (κ2) is 21.9. The van der Waals surface area contributed by atoms with E-state index in [2.05, 4.69) is 89.7 Å². The largest absolute Gasteiger partial charge is 0.499 e. The van der Waals surface area contributed by atoms with E-state index >= 15 is 0 Å². The number of allylic oxidation sites excluding steroid dienone is 6. The summed E-state index contributed by atoms with van der Waals surface area (Å²) in [6, 6.07) is 0. The smallest absolute Gasteiger partial charge is 0.119 e. The summed E-state index contributed by atoms with van der Waals surface area (Å²) in [6.45, 7) is 12.0. The minimum Gasteiger partial charge on any atom is -0.499 e. The minimum absolute atomic E-state index is 0.872. The normalized spacial score (nSPS) is 18.4. The topological polar surface area (TPSA) is 83.4 Å². The maximum Gasteiger partial charge on any atom is 0.119 e. The van der Waals surface area contributed by atoms with Crippen LogP contribution >= 0.6 is 47.8 Å². The third-order valence-electron chi connectivity index (χ3n) is 5.56. The number of ether oxygens (including phenoxy) is 1. The van der Waals surface area contributed by atoms with Gasteiger partial charge in [0.1, 0.15) is 5.76 Å². The predicted octanol–water partition coefficient (Wildman–Crippen LogP) is 10.3. The van der Waals surface area contributed by atoms with E-state index in [-0.39, 0.29) is 0 Å². The lowest BCUT2D eigenvalue weighted by Crippen LogP contribution is -1.88. The van der Waals surface area contributed by atoms with E-state index in [4.69, 9.17) is 11.2 Å². The zero-order valence-corrected chi connectivity index (χ0v) is 30.8. The number of hydrogen-bond donors (Lipinski definition) is 0. The molecular formula is C33H41Br3N6O. The van der Waals surface area contributed by atoms with Gasteiger partial charge in [-0.25, -0.2) is 0 Å². The Morgan fingerprint density at radius 3 is 1.14 bits per heavy atom. The van der Waals surface area contributed by atoms with Gasteiger partial charge in [0.05, 0.1) is 13.3 Å². The van der Waals surface area contributed by atoms with Crippen LogP contribution in [0.1, 0.15) is 80.1 Å². The van der Waals surface area contributed by atoms with Gasteiger partial charge in [-0.05, 0) is 41.5 Å². The molecule has 0 amide bonds. The Morgan fingerprint density at radius 2 is 1.00 bits per heavy atom. The van der Waals surface area contributed by atoms with Crippen LogP contribution in [-0.2, 0) is 4.74 Å². The van der Waals surface area contributed by atoms with Gasteiger partial charge in [-0.3, -0.25) is 30.0 Å². The van der Waals surface area contributed by atoms with Crippen molar-refractivity contribution in [2.24, 2.45) is 30.0 Å². The van der Waals surface area contributed by atoms with Gasteiger partial charge in [0.25, 0.3) is 0 Å².